The van der Waals surface area contributed by atoms with Crippen LogP contribution in [0.25, 0.3) is 0 Å². The first-order valence-corrected chi connectivity index (χ1v) is 8.79. The van der Waals surface area contributed by atoms with Crippen LogP contribution in [0.3, 0.4) is 0 Å². The third-order valence-corrected chi connectivity index (χ3v) is 4.91. The maximum atomic E-state index is 12.2. The Bertz CT molecular complexity index is 789. The van der Waals surface area contributed by atoms with Gasteiger partial charge < -0.3 is 0 Å². The minimum Gasteiger partial charge on any atom is -0.258 e. The lowest BCUT2D eigenvalue weighted by molar-refractivity contribution is -0.384. The van der Waals surface area contributed by atoms with Crippen LogP contribution in [0.4, 0.5) is 5.69 Å². The lowest BCUT2D eigenvalue weighted by Gasteiger charge is -2.14. The number of hydrogen-bond acceptors (Lipinski definition) is 4. The van der Waals surface area contributed by atoms with Crippen LogP contribution in [0.1, 0.15) is 24.1 Å². The van der Waals surface area contributed by atoms with Gasteiger partial charge in [-0.1, -0.05) is 35.9 Å². The summed E-state index contributed by atoms with van der Waals surface area (Å²) in [4.78, 5) is 10.1. The molecule has 1 unspecified atom stereocenters. The molecule has 0 spiro atoms. The van der Waals surface area contributed by atoms with Crippen LogP contribution in [0.2, 0.25) is 5.02 Å². The summed E-state index contributed by atoms with van der Waals surface area (Å²) in [5.41, 5.74) is 1.20. The number of non-ortho nitro benzene ring substituents is 1. The molecular weight excluding hydrogens is 340 g/mol. The molecule has 0 aliphatic carbocycles. The monoisotopic (exact) mass is 354 g/mol. The van der Waals surface area contributed by atoms with E-state index in [2.05, 4.69) is 4.72 Å². The Morgan fingerprint density at radius 3 is 2.22 bits per heavy atom. The number of nitrogens with zero attached hydrogens (tertiary/aromatic N) is 1. The van der Waals surface area contributed by atoms with Crippen LogP contribution in [-0.2, 0) is 15.8 Å². The van der Waals surface area contributed by atoms with E-state index < -0.39 is 21.0 Å². The highest BCUT2D eigenvalue weighted by molar-refractivity contribution is 7.88. The summed E-state index contributed by atoms with van der Waals surface area (Å²) in [5.74, 6) is -0.247. The van der Waals surface area contributed by atoms with E-state index >= 15 is 0 Å². The Labute approximate surface area is 139 Å². The molecule has 0 fully saturated rings. The summed E-state index contributed by atoms with van der Waals surface area (Å²) >= 11 is 5.81. The molecule has 8 heteroatoms. The quantitative estimate of drug-likeness (QED) is 0.635. The van der Waals surface area contributed by atoms with Gasteiger partial charge in [0, 0.05) is 23.2 Å². The number of sulfonamides is 1. The molecule has 2 aromatic carbocycles. The Balaban J connectivity index is 2.06. The van der Waals surface area contributed by atoms with E-state index in [0.29, 0.717) is 10.6 Å². The van der Waals surface area contributed by atoms with Crippen molar-refractivity contribution in [3.63, 3.8) is 0 Å². The van der Waals surface area contributed by atoms with Gasteiger partial charge >= 0.3 is 0 Å². The van der Waals surface area contributed by atoms with Crippen LogP contribution in [0, 0.1) is 10.1 Å². The molecule has 0 aliphatic rings. The summed E-state index contributed by atoms with van der Waals surface area (Å²) in [7, 11) is -3.58. The van der Waals surface area contributed by atoms with Gasteiger partial charge in [0.1, 0.15) is 0 Å². The van der Waals surface area contributed by atoms with E-state index in [1.807, 2.05) is 0 Å². The van der Waals surface area contributed by atoms with Gasteiger partial charge in [0.25, 0.3) is 5.69 Å². The Hall–Kier alpha value is -1.96. The second-order valence-corrected chi connectivity index (χ2v) is 7.26. The first-order chi connectivity index (χ1) is 10.8. The van der Waals surface area contributed by atoms with E-state index in [1.54, 1.807) is 31.2 Å². The number of nitrogens with one attached hydrogen (secondary N) is 1. The van der Waals surface area contributed by atoms with Crippen molar-refractivity contribution < 1.29 is 13.3 Å². The van der Waals surface area contributed by atoms with Crippen LogP contribution in [-0.4, -0.2) is 13.3 Å². The highest BCUT2D eigenvalue weighted by Gasteiger charge is 2.17. The molecule has 2 aromatic rings. The van der Waals surface area contributed by atoms with E-state index in [0.717, 1.165) is 5.56 Å². The van der Waals surface area contributed by atoms with Gasteiger partial charge in [0.05, 0.1) is 10.7 Å². The highest BCUT2D eigenvalue weighted by atomic mass is 35.5. The highest BCUT2D eigenvalue weighted by Crippen LogP contribution is 2.18. The van der Waals surface area contributed by atoms with Crippen LogP contribution in [0.15, 0.2) is 48.5 Å². The molecule has 1 atom stereocenters. The lowest BCUT2D eigenvalue weighted by Crippen LogP contribution is -2.28. The van der Waals surface area contributed by atoms with Crippen molar-refractivity contribution in [2.24, 2.45) is 0 Å². The third-order valence-electron chi connectivity index (χ3n) is 3.23. The summed E-state index contributed by atoms with van der Waals surface area (Å²) in [6.45, 7) is 1.73. The molecule has 2 rings (SSSR count). The van der Waals surface area contributed by atoms with Crippen molar-refractivity contribution in [3.05, 3.63) is 74.8 Å². The first-order valence-electron chi connectivity index (χ1n) is 6.75. The largest absolute Gasteiger partial charge is 0.269 e. The van der Waals surface area contributed by atoms with Crippen molar-refractivity contribution in [1.29, 1.82) is 0 Å². The maximum absolute atomic E-state index is 12.2. The number of hydrogen-bond donors (Lipinski definition) is 1. The summed E-state index contributed by atoms with van der Waals surface area (Å²) in [6, 6.07) is 11.9. The molecule has 0 saturated carbocycles. The number of benzene rings is 2. The molecule has 0 heterocycles. The molecule has 0 aromatic heterocycles. The Morgan fingerprint density at radius 1 is 1.13 bits per heavy atom. The number of halogens is 1. The molecule has 0 saturated heterocycles. The smallest absolute Gasteiger partial charge is 0.258 e. The summed E-state index contributed by atoms with van der Waals surface area (Å²) in [6.07, 6.45) is 0. The van der Waals surface area contributed by atoms with Gasteiger partial charge in [-0.2, -0.15) is 0 Å². The van der Waals surface area contributed by atoms with Crippen molar-refractivity contribution in [2.45, 2.75) is 18.7 Å². The van der Waals surface area contributed by atoms with Gasteiger partial charge in [0.2, 0.25) is 10.0 Å². The Morgan fingerprint density at radius 2 is 1.70 bits per heavy atom. The van der Waals surface area contributed by atoms with E-state index in [4.69, 9.17) is 11.6 Å². The summed E-state index contributed by atoms with van der Waals surface area (Å²) in [5, 5.41) is 11.2. The second kappa shape index (κ2) is 7.08. The fourth-order valence-electron chi connectivity index (χ4n) is 2.06. The van der Waals surface area contributed by atoms with Gasteiger partial charge in [-0.25, -0.2) is 13.1 Å². The Kier molecular flexibility index (Phi) is 5.35. The van der Waals surface area contributed by atoms with E-state index in [1.165, 1.54) is 24.3 Å². The van der Waals surface area contributed by atoms with Gasteiger partial charge in [-0.3, -0.25) is 10.1 Å². The zero-order valence-electron chi connectivity index (χ0n) is 12.3. The van der Waals surface area contributed by atoms with E-state index in [9.17, 15) is 18.5 Å². The maximum Gasteiger partial charge on any atom is 0.269 e. The molecule has 6 nitrogen and oxygen atoms in total. The number of nitro groups is 1. The topological polar surface area (TPSA) is 89.3 Å². The molecule has 0 bridgehead atoms. The standard InChI is InChI=1S/C15H15ClN2O4S/c1-11(13-4-6-14(16)7-5-13)17-23(21,22)10-12-2-8-15(9-3-12)18(19)20/h2-9,11,17H,10H2,1H3. The minimum absolute atomic E-state index is 0.0753. The van der Waals surface area contributed by atoms with Crippen LogP contribution >= 0.6 is 11.6 Å². The molecule has 122 valence electrons. The zero-order valence-corrected chi connectivity index (χ0v) is 13.8. The van der Waals surface area contributed by atoms with Crippen molar-refractivity contribution in [3.8, 4) is 0 Å². The number of nitro benzene ring substituents is 1. The molecule has 1 N–H and O–H groups in total. The molecule has 0 radical (unpaired) electrons. The van der Waals surface area contributed by atoms with Crippen molar-refractivity contribution in [1.82, 2.24) is 4.72 Å². The van der Waals surface area contributed by atoms with Crippen LogP contribution < -0.4 is 4.72 Å². The predicted molar refractivity (Wildman–Crippen MR) is 88.7 cm³/mol. The second-order valence-electron chi connectivity index (χ2n) is 5.07. The molecule has 0 amide bonds. The average Bonchev–Trinajstić information content (AvgIpc) is 2.47. The predicted octanol–water partition coefficient (Wildman–Crippen LogP) is 3.43. The van der Waals surface area contributed by atoms with Crippen LogP contribution in [0.5, 0.6) is 0 Å². The fourth-order valence-corrected chi connectivity index (χ4v) is 3.58. The molecule has 0 aliphatic heterocycles. The van der Waals surface area contributed by atoms with E-state index in [-0.39, 0.29) is 11.4 Å². The third kappa shape index (κ3) is 5.02. The molecular formula is C15H15ClN2O4S. The SMILES string of the molecule is CC(NS(=O)(=O)Cc1ccc([N+](=O)[O-])cc1)c1ccc(Cl)cc1. The number of rotatable bonds is 6. The van der Waals surface area contributed by atoms with Gasteiger partial charge in [-0.05, 0) is 30.2 Å². The van der Waals surface area contributed by atoms with Crippen molar-refractivity contribution >= 4 is 27.3 Å². The van der Waals surface area contributed by atoms with Gasteiger partial charge in [-0.15, -0.1) is 0 Å². The average molecular weight is 355 g/mol. The minimum atomic E-state index is -3.58. The summed E-state index contributed by atoms with van der Waals surface area (Å²) < 4.78 is 27.0. The fraction of sp³-hybridized carbons (Fsp3) is 0.200. The van der Waals surface area contributed by atoms with Gasteiger partial charge in [0.15, 0.2) is 0 Å². The first kappa shape index (κ1) is 17.4. The zero-order chi connectivity index (χ0) is 17.0. The lowest BCUT2D eigenvalue weighted by atomic mass is 10.1. The normalized spacial score (nSPS) is 12.8. The molecule has 23 heavy (non-hydrogen) atoms. The van der Waals surface area contributed by atoms with Crippen molar-refractivity contribution in [2.75, 3.05) is 0 Å².